The van der Waals surface area contributed by atoms with Crippen LogP contribution in [-0.2, 0) is 0 Å². The molecule has 1 heterocycles. The highest BCUT2D eigenvalue weighted by Gasteiger charge is 2.22. The number of ether oxygens (including phenoxy) is 1. The Labute approximate surface area is 197 Å². The first-order valence-corrected chi connectivity index (χ1v) is 11.9. The molecule has 1 aromatic carbocycles. The van der Waals surface area contributed by atoms with Crippen molar-refractivity contribution in [1.29, 1.82) is 0 Å². The molecule has 0 saturated heterocycles. The van der Waals surface area contributed by atoms with E-state index in [4.69, 9.17) is 16.2 Å². The maximum atomic E-state index is 10.0. The number of hydrogen-bond acceptors (Lipinski definition) is 6. The molecule has 0 aliphatic carbocycles. The molecule has 0 fully saturated rings. The van der Waals surface area contributed by atoms with Crippen molar-refractivity contribution in [2.45, 2.75) is 54.1 Å². The van der Waals surface area contributed by atoms with Crippen LogP contribution >= 0.6 is 11.8 Å². The SMILES string of the molecule is C=C(S/C=C(/c1ccc(N)cc1OC1=CC(C)=NC(C)=C(C)C1C)C(C)CC)C(O)CN. The van der Waals surface area contributed by atoms with Gasteiger partial charge in [0.05, 0.1) is 6.10 Å². The molecule has 0 saturated carbocycles. The summed E-state index contributed by atoms with van der Waals surface area (Å²) in [4.78, 5) is 5.27. The summed E-state index contributed by atoms with van der Waals surface area (Å²) in [5, 5.41) is 12.0. The van der Waals surface area contributed by atoms with Crippen LogP contribution in [0.3, 0.4) is 0 Å². The molecule has 1 aliphatic heterocycles. The Hall–Kier alpha value is -2.28. The number of allylic oxidation sites excluding steroid dienone is 4. The van der Waals surface area contributed by atoms with Crippen LogP contribution < -0.4 is 16.2 Å². The van der Waals surface area contributed by atoms with Crippen molar-refractivity contribution < 1.29 is 9.84 Å². The highest BCUT2D eigenvalue weighted by atomic mass is 32.2. The number of hydrogen-bond donors (Lipinski definition) is 3. The summed E-state index contributed by atoms with van der Waals surface area (Å²) in [5.41, 5.74) is 17.6. The van der Waals surface area contributed by atoms with Crippen LogP contribution in [0.25, 0.3) is 5.57 Å². The molecule has 2 rings (SSSR count). The first kappa shape index (κ1) is 26.0. The third-order valence-electron chi connectivity index (χ3n) is 5.96. The van der Waals surface area contributed by atoms with E-state index >= 15 is 0 Å². The van der Waals surface area contributed by atoms with Crippen molar-refractivity contribution in [3.05, 3.63) is 63.8 Å². The van der Waals surface area contributed by atoms with Gasteiger partial charge < -0.3 is 21.3 Å². The largest absolute Gasteiger partial charge is 0.460 e. The number of aliphatic hydroxyl groups is 1. The minimum Gasteiger partial charge on any atom is -0.460 e. The zero-order valence-corrected chi connectivity index (χ0v) is 20.9. The summed E-state index contributed by atoms with van der Waals surface area (Å²) in [7, 11) is 0. The summed E-state index contributed by atoms with van der Waals surface area (Å²) in [6, 6.07) is 5.76. The number of thioether (sulfide) groups is 1. The van der Waals surface area contributed by atoms with Crippen molar-refractivity contribution in [3.63, 3.8) is 0 Å². The minimum absolute atomic E-state index is 0.0929. The Balaban J connectivity index is 2.51. The van der Waals surface area contributed by atoms with Crippen molar-refractivity contribution in [2.24, 2.45) is 22.6 Å². The number of aliphatic imine (C=N–C) groups is 1. The van der Waals surface area contributed by atoms with Crippen molar-refractivity contribution in [1.82, 2.24) is 0 Å². The summed E-state index contributed by atoms with van der Waals surface area (Å²) in [5.74, 6) is 1.91. The third-order valence-corrected chi connectivity index (χ3v) is 6.91. The zero-order valence-electron chi connectivity index (χ0n) is 20.1. The lowest BCUT2D eigenvalue weighted by Gasteiger charge is -2.22. The lowest BCUT2D eigenvalue weighted by Crippen LogP contribution is -2.19. The van der Waals surface area contributed by atoms with Crippen molar-refractivity contribution in [2.75, 3.05) is 12.3 Å². The predicted molar refractivity (Wildman–Crippen MR) is 139 cm³/mol. The molecule has 1 aromatic rings. The van der Waals surface area contributed by atoms with Crippen LogP contribution in [0.4, 0.5) is 5.69 Å². The molecule has 174 valence electrons. The van der Waals surface area contributed by atoms with Gasteiger partial charge in [0.15, 0.2) is 0 Å². The second kappa shape index (κ2) is 11.5. The van der Waals surface area contributed by atoms with E-state index in [-0.39, 0.29) is 18.4 Å². The molecule has 0 amide bonds. The molecule has 5 N–H and O–H groups in total. The summed E-state index contributed by atoms with van der Waals surface area (Å²) in [6.45, 7) is 16.7. The quantitative estimate of drug-likeness (QED) is 0.404. The molecule has 6 heteroatoms. The number of anilines is 1. The van der Waals surface area contributed by atoms with E-state index in [0.29, 0.717) is 16.3 Å². The topological polar surface area (TPSA) is 93.9 Å². The molecule has 0 aromatic heterocycles. The predicted octanol–water partition coefficient (Wildman–Crippen LogP) is 5.89. The summed E-state index contributed by atoms with van der Waals surface area (Å²) >= 11 is 1.41. The van der Waals surface area contributed by atoms with E-state index < -0.39 is 6.10 Å². The average molecular weight is 456 g/mol. The Morgan fingerprint density at radius 1 is 1.34 bits per heavy atom. The number of rotatable bonds is 9. The van der Waals surface area contributed by atoms with Crippen LogP contribution in [-0.4, -0.2) is 23.5 Å². The molecule has 0 spiro atoms. The van der Waals surface area contributed by atoms with E-state index in [9.17, 15) is 5.11 Å². The number of nitrogen functional groups attached to an aromatic ring is 1. The Kier molecular flexibility index (Phi) is 9.37. The van der Waals surface area contributed by atoms with Crippen LogP contribution in [0.2, 0.25) is 0 Å². The van der Waals surface area contributed by atoms with Crippen LogP contribution in [0.1, 0.15) is 53.5 Å². The Morgan fingerprint density at radius 2 is 2.03 bits per heavy atom. The van der Waals surface area contributed by atoms with E-state index in [1.807, 2.05) is 43.5 Å². The normalized spacial score (nSPS) is 19.1. The van der Waals surface area contributed by atoms with E-state index in [1.54, 1.807) is 0 Å². The maximum Gasteiger partial charge on any atom is 0.136 e. The van der Waals surface area contributed by atoms with Crippen LogP contribution in [0.15, 0.2) is 63.2 Å². The molecule has 0 radical (unpaired) electrons. The zero-order chi connectivity index (χ0) is 24.0. The molecule has 0 bridgehead atoms. The number of nitrogens with two attached hydrogens (primary N) is 2. The second-order valence-electron chi connectivity index (χ2n) is 8.37. The standard InChI is InChI=1S/C26H37N3O2S/c1-8-15(2)23(14-32-20(7)24(30)13-27)22-10-9-21(28)12-26(22)31-25-11-16(3)29-19(6)17(4)18(25)5/h9-12,14-15,18,24,30H,7-8,13,27-28H2,1-6H3/b23-14+. The fraction of sp³-hybridized carbons (Fsp3) is 0.423. The molecule has 1 aliphatic rings. The van der Waals surface area contributed by atoms with E-state index in [0.717, 1.165) is 34.7 Å². The fourth-order valence-electron chi connectivity index (χ4n) is 3.36. The molecule has 3 unspecified atom stereocenters. The van der Waals surface area contributed by atoms with Gasteiger partial charge in [-0.3, -0.25) is 4.99 Å². The number of benzene rings is 1. The van der Waals surface area contributed by atoms with Gasteiger partial charge in [0.25, 0.3) is 0 Å². The van der Waals surface area contributed by atoms with E-state index in [1.165, 1.54) is 17.3 Å². The Bertz CT molecular complexity index is 975. The van der Waals surface area contributed by atoms with Gasteiger partial charge in [-0.2, -0.15) is 0 Å². The van der Waals surface area contributed by atoms with Crippen molar-refractivity contribution >= 4 is 28.7 Å². The first-order valence-electron chi connectivity index (χ1n) is 11.0. The molecule has 32 heavy (non-hydrogen) atoms. The second-order valence-corrected chi connectivity index (χ2v) is 9.36. The van der Waals surface area contributed by atoms with Gasteiger partial charge in [-0.15, -0.1) is 11.8 Å². The first-order chi connectivity index (χ1) is 15.1. The molecular weight excluding hydrogens is 418 g/mol. The van der Waals surface area contributed by atoms with E-state index in [2.05, 4.69) is 39.3 Å². The molecule has 3 atom stereocenters. The Morgan fingerprint density at radius 3 is 2.66 bits per heavy atom. The highest BCUT2D eigenvalue weighted by molar-refractivity contribution is 8.06. The maximum absolute atomic E-state index is 10.0. The average Bonchev–Trinajstić information content (AvgIpc) is 2.85. The van der Waals surface area contributed by atoms with Crippen molar-refractivity contribution in [3.8, 4) is 5.75 Å². The van der Waals surface area contributed by atoms with Crippen LogP contribution in [0.5, 0.6) is 5.75 Å². The fourth-order valence-corrected chi connectivity index (χ4v) is 4.25. The van der Waals surface area contributed by atoms with Gasteiger partial charge in [0.2, 0.25) is 0 Å². The minimum atomic E-state index is -0.742. The highest BCUT2D eigenvalue weighted by Crippen LogP contribution is 2.39. The molecule has 5 nitrogen and oxygen atoms in total. The van der Waals surface area contributed by atoms with Gasteiger partial charge in [0, 0.05) is 46.1 Å². The lowest BCUT2D eigenvalue weighted by atomic mass is 9.92. The van der Waals surface area contributed by atoms with Gasteiger partial charge >= 0.3 is 0 Å². The summed E-state index contributed by atoms with van der Waals surface area (Å²) in [6.07, 6.45) is 2.21. The molecular formula is C26H37N3O2S. The number of nitrogens with zero attached hydrogens (tertiary/aromatic N) is 1. The smallest absolute Gasteiger partial charge is 0.136 e. The van der Waals surface area contributed by atoms with Gasteiger partial charge in [-0.25, -0.2) is 0 Å². The van der Waals surface area contributed by atoms with Crippen LogP contribution in [0, 0.1) is 11.8 Å². The lowest BCUT2D eigenvalue weighted by molar-refractivity contribution is 0.228. The van der Waals surface area contributed by atoms with Gasteiger partial charge in [-0.1, -0.05) is 27.4 Å². The van der Waals surface area contributed by atoms with Gasteiger partial charge in [-0.05, 0) is 67.9 Å². The van der Waals surface area contributed by atoms with Gasteiger partial charge in [0.1, 0.15) is 11.5 Å². The third kappa shape index (κ3) is 6.37. The monoisotopic (exact) mass is 455 g/mol. The summed E-state index contributed by atoms with van der Waals surface area (Å²) < 4.78 is 6.52. The number of aliphatic hydroxyl groups excluding tert-OH is 1.